The summed E-state index contributed by atoms with van der Waals surface area (Å²) >= 11 is 0. The van der Waals surface area contributed by atoms with E-state index in [1.807, 2.05) is 6.92 Å². The predicted octanol–water partition coefficient (Wildman–Crippen LogP) is 1.11. The van der Waals surface area contributed by atoms with Crippen LogP contribution in [0.4, 0.5) is 8.78 Å². The molecule has 0 heterocycles. The molecular weight excluding hydrogens is 250 g/mol. The van der Waals surface area contributed by atoms with Crippen molar-refractivity contribution in [1.29, 1.82) is 0 Å². The van der Waals surface area contributed by atoms with E-state index in [1.54, 1.807) is 0 Å². The van der Waals surface area contributed by atoms with Gasteiger partial charge in [-0.2, -0.15) is 0 Å². The Morgan fingerprint density at radius 1 is 1.35 bits per heavy atom. The van der Waals surface area contributed by atoms with Crippen molar-refractivity contribution >= 4 is 10.0 Å². The summed E-state index contributed by atoms with van der Waals surface area (Å²) in [5.74, 6) is -1.92. The minimum Gasteiger partial charge on any atom is -0.312 e. The summed E-state index contributed by atoms with van der Waals surface area (Å²) in [6.07, 6.45) is 0.804. The SMILES string of the molecule is CCCNCc1c(F)ccc(S(N)(=O)=O)c1F. The van der Waals surface area contributed by atoms with E-state index in [0.717, 1.165) is 18.6 Å². The third-order valence-electron chi connectivity index (χ3n) is 2.19. The zero-order chi connectivity index (χ0) is 13.1. The molecule has 3 N–H and O–H groups in total. The molecule has 0 amide bonds. The number of rotatable bonds is 5. The lowest BCUT2D eigenvalue weighted by atomic mass is 10.2. The van der Waals surface area contributed by atoms with Crippen molar-refractivity contribution in [3.8, 4) is 0 Å². The first-order valence-electron chi connectivity index (χ1n) is 5.08. The van der Waals surface area contributed by atoms with Crippen LogP contribution in [0.1, 0.15) is 18.9 Å². The Hall–Kier alpha value is -1.05. The molecule has 96 valence electrons. The fourth-order valence-electron chi connectivity index (χ4n) is 1.35. The largest absolute Gasteiger partial charge is 0.312 e. The van der Waals surface area contributed by atoms with E-state index in [1.165, 1.54) is 0 Å². The van der Waals surface area contributed by atoms with Crippen molar-refractivity contribution in [3.63, 3.8) is 0 Å². The van der Waals surface area contributed by atoms with Gasteiger partial charge < -0.3 is 5.32 Å². The quantitative estimate of drug-likeness (QED) is 0.783. The third-order valence-corrected chi connectivity index (χ3v) is 3.11. The second kappa shape index (κ2) is 5.52. The maximum atomic E-state index is 13.7. The van der Waals surface area contributed by atoms with Crippen LogP contribution < -0.4 is 10.5 Å². The van der Waals surface area contributed by atoms with Crippen LogP contribution in [0, 0.1) is 11.6 Å². The minimum absolute atomic E-state index is 0.0745. The molecular formula is C10H14F2N2O2S. The van der Waals surface area contributed by atoms with E-state index in [9.17, 15) is 17.2 Å². The number of sulfonamides is 1. The molecule has 0 aromatic heterocycles. The summed E-state index contributed by atoms with van der Waals surface area (Å²) < 4.78 is 49.1. The highest BCUT2D eigenvalue weighted by Gasteiger charge is 2.20. The normalized spacial score (nSPS) is 11.8. The van der Waals surface area contributed by atoms with Crippen LogP contribution in [0.3, 0.4) is 0 Å². The molecule has 0 saturated carbocycles. The van der Waals surface area contributed by atoms with Gasteiger partial charge in [0.15, 0.2) is 5.82 Å². The maximum Gasteiger partial charge on any atom is 0.240 e. The van der Waals surface area contributed by atoms with Crippen LogP contribution in [0.5, 0.6) is 0 Å². The van der Waals surface area contributed by atoms with Crippen LogP contribution in [0.15, 0.2) is 17.0 Å². The number of benzene rings is 1. The van der Waals surface area contributed by atoms with Crippen molar-refractivity contribution in [2.45, 2.75) is 24.8 Å². The van der Waals surface area contributed by atoms with Gasteiger partial charge in [-0.3, -0.25) is 0 Å². The predicted molar refractivity (Wildman–Crippen MR) is 59.7 cm³/mol. The summed E-state index contributed by atoms with van der Waals surface area (Å²) in [4.78, 5) is -0.688. The summed E-state index contributed by atoms with van der Waals surface area (Å²) in [5, 5.41) is 7.62. The summed E-state index contributed by atoms with van der Waals surface area (Å²) in [6.45, 7) is 2.41. The van der Waals surface area contributed by atoms with Gasteiger partial charge in [-0.1, -0.05) is 6.92 Å². The number of nitrogens with one attached hydrogen (secondary N) is 1. The van der Waals surface area contributed by atoms with Crippen molar-refractivity contribution in [2.24, 2.45) is 5.14 Å². The highest BCUT2D eigenvalue weighted by Crippen LogP contribution is 2.19. The Morgan fingerprint density at radius 2 is 2.00 bits per heavy atom. The average Bonchev–Trinajstić information content (AvgIpc) is 2.21. The third kappa shape index (κ3) is 3.45. The van der Waals surface area contributed by atoms with E-state index in [0.29, 0.717) is 6.54 Å². The molecule has 1 rings (SSSR count). The molecule has 0 fully saturated rings. The molecule has 0 bridgehead atoms. The summed E-state index contributed by atoms with van der Waals surface area (Å²) in [7, 11) is -4.17. The smallest absolute Gasteiger partial charge is 0.240 e. The molecule has 0 radical (unpaired) electrons. The van der Waals surface area contributed by atoms with Gasteiger partial charge in [0.1, 0.15) is 10.7 Å². The number of nitrogens with two attached hydrogens (primary N) is 1. The van der Waals surface area contributed by atoms with E-state index >= 15 is 0 Å². The Morgan fingerprint density at radius 3 is 2.53 bits per heavy atom. The van der Waals surface area contributed by atoms with E-state index in [-0.39, 0.29) is 12.1 Å². The summed E-state index contributed by atoms with van der Waals surface area (Å²) in [6, 6.07) is 1.72. The molecule has 0 saturated heterocycles. The first kappa shape index (κ1) is 14.0. The van der Waals surface area contributed by atoms with Gasteiger partial charge in [0.2, 0.25) is 10.0 Å². The fourth-order valence-corrected chi connectivity index (χ4v) is 1.98. The number of hydrogen-bond donors (Lipinski definition) is 2. The van der Waals surface area contributed by atoms with E-state index in [2.05, 4.69) is 5.32 Å². The van der Waals surface area contributed by atoms with Gasteiger partial charge in [0, 0.05) is 12.1 Å². The topological polar surface area (TPSA) is 72.2 Å². The van der Waals surface area contributed by atoms with Crippen LogP contribution >= 0.6 is 0 Å². The zero-order valence-corrected chi connectivity index (χ0v) is 10.2. The molecule has 0 spiro atoms. The first-order valence-corrected chi connectivity index (χ1v) is 6.63. The van der Waals surface area contributed by atoms with Gasteiger partial charge in [-0.15, -0.1) is 0 Å². The van der Waals surface area contributed by atoms with Crippen LogP contribution in [-0.4, -0.2) is 15.0 Å². The van der Waals surface area contributed by atoms with Gasteiger partial charge in [-0.05, 0) is 25.1 Å². The molecule has 1 aromatic rings. The van der Waals surface area contributed by atoms with Gasteiger partial charge in [0.05, 0.1) is 0 Å². The highest BCUT2D eigenvalue weighted by molar-refractivity contribution is 7.89. The molecule has 0 aliphatic rings. The lowest BCUT2D eigenvalue weighted by Crippen LogP contribution is -2.19. The number of primary sulfonamides is 1. The van der Waals surface area contributed by atoms with Crippen molar-refractivity contribution in [3.05, 3.63) is 29.3 Å². The molecule has 1 aromatic carbocycles. The van der Waals surface area contributed by atoms with Crippen LogP contribution in [0.2, 0.25) is 0 Å². The van der Waals surface area contributed by atoms with E-state index in [4.69, 9.17) is 5.14 Å². The highest BCUT2D eigenvalue weighted by atomic mass is 32.2. The Balaban J connectivity index is 3.12. The molecule has 0 aliphatic heterocycles. The number of hydrogen-bond acceptors (Lipinski definition) is 3. The molecule has 4 nitrogen and oxygen atoms in total. The molecule has 0 unspecified atom stereocenters. The average molecular weight is 264 g/mol. The summed E-state index contributed by atoms with van der Waals surface area (Å²) in [5.41, 5.74) is -0.315. The van der Waals surface area contributed by atoms with Crippen LogP contribution in [-0.2, 0) is 16.6 Å². The maximum absolute atomic E-state index is 13.7. The van der Waals surface area contributed by atoms with Crippen LogP contribution in [0.25, 0.3) is 0 Å². The van der Waals surface area contributed by atoms with Gasteiger partial charge in [0.25, 0.3) is 0 Å². The van der Waals surface area contributed by atoms with Crippen molar-refractivity contribution in [2.75, 3.05) is 6.54 Å². The van der Waals surface area contributed by atoms with Crippen molar-refractivity contribution < 1.29 is 17.2 Å². The number of halogens is 2. The second-order valence-electron chi connectivity index (χ2n) is 3.56. The van der Waals surface area contributed by atoms with E-state index < -0.39 is 26.6 Å². The Bertz CT molecular complexity index is 503. The Labute approximate surface area is 98.9 Å². The fraction of sp³-hybridized carbons (Fsp3) is 0.400. The monoisotopic (exact) mass is 264 g/mol. The van der Waals surface area contributed by atoms with Gasteiger partial charge >= 0.3 is 0 Å². The lowest BCUT2D eigenvalue weighted by molar-refractivity contribution is 0.513. The molecule has 0 atom stereocenters. The minimum atomic E-state index is -4.17. The zero-order valence-electron chi connectivity index (χ0n) is 9.33. The lowest BCUT2D eigenvalue weighted by Gasteiger charge is -2.09. The second-order valence-corrected chi connectivity index (χ2v) is 5.09. The van der Waals surface area contributed by atoms with Gasteiger partial charge in [-0.25, -0.2) is 22.3 Å². The molecule has 17 heavy (non-hydrogen) atoms. The standard InChI is InChI=1S/C10H14F2N2O2S/c1-2-5-14-6-7-8(11)3-4-9(10(7)12)17(13,15)16/h3-4,14H,2,5-6H2,1H3,(H2,13,15,16). The molecule has 0 aliphatic carbocycles. The first-order chi connectivity index (χ1) is 7.88. The van der Waals surface area contributed by atoms with Crippen molar-refractivity contribution in [1.82, 2.24) is 5.32 Å². The Kier molecular flexibility index (Phi) is 4.55. The molecule has 7 heteroatoms.